The van der Waals surface area contributed by atoms with Crippen LogP contribution in [-0.2, 0) is 5.88 Å². The van der Waals surface area contributed by atoms with Gasteiger partial charge in [0.05, 0.1) is 11.6 Å². The smallest absolute Gasteiger partial charge is 0.238 e. The van der Waals surface area contributed by atoms with Gasteiger partial charge in [-0.05, 0) is 43.5 Å². The number of aryl methyl sites for hydroxylation is 2. The zero-order valence-corrected chi connectivity index (χ0v) is 11.5. The lowest BCUT2D eigenvalue weighted by molar-refractivity contribution is 0.447. The number of aromatic nitrogens is 2. The fourth-order valence-electron chi connectivity index (χ4n) is 1.66. The van der Waals surface area contributed by atoms with Crippen molar-refractivity contribution >= 4 is 11.6 Å². The van der Waals surface area contributed by atoms with E-state index < -0.39 is 0 Å². The second kappa shape index (κ2) is 5.36. The molecule has 2 rings (SSSR count). The summed E-state index contributed by atoms with van der Waals surface area (Å²) in [7, 11) is 0. The lowest BCUT2D eigenvalue weighted by Gasteiger charge is -2.12. The van der Waals surface area contributed by atoms with Gasteiger partial charge in [0.1, 0.15) is 5.75 Å². The van der Waals surface area contributed by atoms with Crippen LogP contribution < -0.4 is 4.74 Å². The van der Waals surface area contributed by atoms with Gasteiger partial charge in [0.25, 0.3) is 0 Å². The highest BCUT2D eigenvalue weighted by atomic mass is 35.5. The second-order valence-electron chi connectivity index (χ2n) is 4.25. The maximum atomic E-state index is 5.80. The van der Waals surface area contributed by atoms with Crippen molar-refractivity contribution in [2.24, 2.45) is 0 Å². The molecule has 18 heavy (non-hydrogen) atoms. The van der Waals surface area contributed by atoms with Crippen molar-refractivity contribution in [3.05, 3.63) is 46.6 Å². The Morgan fingerprint density at radius 1 is 1.00 bits per heavy atom. The molecule has 0 fully saturated rings. The van der Waals surface area contributed by atoms with Crippen molar-refractivity contribution in [2.75, 3.05) is 0 Å². The molecule has 0 spiro atoms. The highest BCUT2D eigenvalue weighted by molar-refractivity contribution is 6.16. The molecule has 0 amide bonds. The predicted molar refractivity (Wildman–Crippen MR) is 72.3 cm³/mol. The molecule has 4 heteroatoms. The van der Waals surface area contributed by atoms with Crippen LogP contribution in [0.25, 0.3) is 0 Å². The van der Waals surface area contributed by atoms with E-state index in [2.05, 4.69) is 23.2 Å². The fraction of sp³-hybridized carbons (Fsp3) is 0.286. The molecule has 0 bridgehead atoms. The molecule has 0 aliphatic rings. The summed E-state index contributed by atoms with van der Waals surface area (Å²) in [4.78, 5) is 0. The number of rotatable bonds is 3. The summed E-state index contributed by atoms with van der Waals surface area (Å²) in [6, 6.07) is 7.72. The molecule has 1 aromatic carbocycles. The van der Waals surface area contributed by atoms with Crippen LogP contribution in [0.15, 0.2) is 24.3 Å². The Labute approximate surface area is 112 Å². The molecule has 1 heterocycles. The molecule has 0 atom stereocenters. The maximum Gasteiger partial charge on any atom is 0.238 e. The van der Waals surface area contributed by atoms with Crippen LogP contribution >= 0.6 is 11.6 Å². The van der Waals surface area contributed by atoms with Crippen molar-refractivity contribution in [1.82, 2.24) is 10.2 Å². The first kappa shape index (κ1) is 12.8. The van der Waals surface area contributed by atoms with Gasteiger partial charge in [-0.25, -0.2) is 0 Å². The van der Waals surface area contributed by atoms with E-state index in [1.54, 1.807) is 6.07 Å². The van der Waals surface area contributed by atoms with E-state index >= 15 is 0 Å². The Hall–Kier alpha value is -1.61. The molecular formula is C14H15ClN2O. The monoisotopic (exact) mass is 262 g/mol. The Bertz CT molecular complexity index is 552. The highest BCUT2D eigenvalue weighted by Gasteiger charge is 2.08. The molecule has 0 radical (unpaired) electrons. The van der Waals surface area contributed by atoms with E-state index in [-0.39, 0.29) is 0 Å². The minimum absolute atomic E-state index is 0.357. The number of nitrogens with zero attached hydrogens (tertiary/aromatic N) is 2. The van der Waals surface area contributed by atoms with Crippen LogP contribution in [0.4, 0.5) is 0 Å². The van der Waals surface area contributed by atoms with Crippen LogP contribution in [0, 0.1) is 20.8 Å². The quantitative estimate of drug-likeness (QED) is 0.786. The minimum Gasteiger partial charge on any atom is -0.437 e. The molecule has 94 valence electrons. The third kappa shape index (κ3) is 2.62. The van der Waals surface area contributed by atoms with E-state index in [0.29, 0.717) is 11.8 Å². The summed E-state index contributed by atoms with van der Waals surface area (Å²) in [5, 5.41) is 7.97. The van der Waals surface area contributed by atoms with Gasteiger partial charge < -0.3 is 4.74 Å². The molecule has 0 N–H and O–H groups in total. The SMILES string of the molecule is Cc1ccc(C)c(Oc2ccc(CCl)nn2)c1C. The summed E-state index contributed by atoms with van der Waals surface area (Å²) in [5.41, 5.74) is 4.14. The Kier molecular flexibility index (Phi) is 3.82. The van der Waals surface area contributed by atoms with Crippen molar-refractivity contribution in [3.8, 4) is 11.6 Å². The third-order valence-electron chi connectivity index (χ3n) is 2.91. The van der Waals surface area contributed by atoms with E-state index in [1.165, 1.54) is 5.56 Å². The molecule has 0 aliphatic heterocycles. The predicted octanol–water partition coefficient (Wildman–Crippen LogP) is 3.93. The second-order valence-corrected chi connectivity index (χ2v) is 4.52. The van der Waals surface area contributed by atoms with Gasteiger partial charge in [0.15, 0.2) is 0 Å². The van der Waals surface area contributed by atoms with Crippen LogP contribution in [0.2, 0.25) is 0 Å². The van der Waals surface area contributed by atoms with Gasteiger partial charge >= 0.3 is 0 Å². The van der Waals surface area contributed by atoms with Crippen molar-refractivity contribution in [1.29, 1.82) is 0 Å². The normalized spacial score (nSPS) is 10.4. The minimum atomic E-state index is 0.357. The molecular weight excluding hydrogens is 248 g/mol. The summed E-state index contributed by atoms with van der Waals surface area (Å²) >= 11 is 5.67. The van der Waals surface area contributed by atoms with Gasteiger partial charge in [0, 0.05) is 6.07 Å². The zero-order chi connectivity index (χ0) is 13.1. The van der Waals surface area contributed by atoms with Gasteiger partial charge in [-0.2, -0.15) is 5.10 Å². The number of alkyl halides is 1. The van der Waals surface area contributed by atoms with Crippen molar-refractivity contribution in [2.45, 2.75) is 26.7 Å². The first-order chi connectivity index (χ1) is 8.61. The van der Waals surface area contributed by atoms with Crippen molar-refractivity contribution < 1.29 is 4.74 Å². The summed E-state index contributed by atoms with van der Waals surface area (Å²) in [6.45, 7) is 6.12. The topological polar surface area (TPSA) is 35.0 Å². The van der Waals surface area contributed by atoms with Gasteiger partial charge in [-0.1, -0.05) is 12.1 Å². The summed E-state index contributed by atoms with van der Waals surface area (Å²) in [5.74, 6) is 1.69. The number of hydrogen-bond acceptors (Lipinski definition) is 3. The lowest BCUT2D eigenvalue weighted by Crippen LogP contribution is -1.97. The molecule has 1 aromatic heterocycles. The molecule has 0 saturated heterocycles. The molecule has 0 aliphatic carbocycles. The van der Waals surface area contributed by atoms with Crippen LogP contribution in [0.1, 0.15) is 22.4 Å². The van der Waals surface area contributed by atoms with E-state index in [1.807, 2.05) is 26.0 Å². The summed E-state index contributed by atoms with van der Waals surface area (Å²) in [6.07, 6.45) is 0. The van der Waals surface area contributed by atoms with E-state index in [9.17, 15) is 0 Å². The Morgan fingerprint density at radius 2 is 1.72 bits per heavy atom. The van der Waals surface area contributed by atoms with Crippen LogP contribution in [-0.4, -0.2) is 10.2 Å². The molecule has 3 nitrogen and oxygen atoms in total. The number of halogens is 1. The van der Waals surface area contributed by atoms with E-state index in [4.69, 9.17) is 16.3 Å². The number of ether oxygens (including phenoxy) is 1. The zero-order valence-electron chi connectivity index (χ0n) is 10.7. The standard InChI is InChI=1S/C14H15ClN2O/c1-9-4-5-10(2)14(11(9)3)18-13-7-6-12(8-15)16-17-13/h4-7H,8H2,1-3H3. The van der Waals surface area contributed by atoms with Gasteiger partial charge in [-0.15, -0.1) is 16.7 Å². The van der Waals surface area contributed by atoms with Gasteiger partial charge in [0.2, 0.25) is 5.88 Å². The molecule has 2 aromatic rings. The first-order valence-electron chi connectivity index (χ1n) is 5.75. The number of benzene rings is 1. The largest absolute Gasteiger partial charge is 0.437 e. The lowest BCUT2D eigenvalue weighted by atomic mass is 10.1. The van der Waals surface area contributed by atoms with Crippen LogP contribution in [0.5, 0.6) is 11.6 Å². The average molecular weight is 263 g/mol. The maximum absolute atomic E-state index is 5.80. The molecule has 0 unspecified atom stereocenters. The highest BCUT2D eigenvalue weighted by Crippen LogP contribution is 2.29. The Balaban J connectivity index is 2.30. The van der Waals surface area contributed by atoms with Crippen molar-refractivity contribution in [3.63, 3.8) is 0 Å². The molecule has 0 saturated carbocycles. The van der Waals surface area contributed by atoms with Gasteiger partial charge in [-0.3, -0.25) is 0 Å². The summed E-state index contributed by atoms with van der Waals surface area (Å²) < 4.78 is 5.80. The van der Waals surface area contributed by atoms with E-state index in [0.717, 1.165) is 22.6 Å². The Morgan fingerprint density at radius 3 is 2.33 bits per heavy atom. The average Bonchev–Trinajstić information content (AvgIpc) is 2.40. The fourth-order valence-corrected chi connectivity index (χ4v) is 1.80. The first-order valence-corrected chi connectivity index (χ1v) is 6.28. The van der Waals surface area contributed by atoms with Crippen LogP contribution in [0.3, 0.4) is 0 Å². The third-order valence-corrected chi connectivity index (χ3v) is 3.19. The number of hydrogen-bond donors (Lipinski definition) is 0.